The van der Waals surface area contributed by atoms with Gasteiger partial charge < -0.3 is 4.74 Å². The minimum atomic E-state index is 0. The molecule has 0 unspecified atom stereocenters. The molecule has 0 N–H and O–H groups in total. The third kappa shape index (κ3) is 3.74. The second kappa shape index (κ2) is 8.56. The minimum Gasteiger partial charge on any atom is -0.497 e. The van der Waals surface area contributed by atoms with Gasteiger partial charge in [-0.1, -0.05) is 66.7 Å². The van der Waals surface area contributed by atoms with Crippen molar-refractivity contribution < 1.29 is 4.74 Å². The molecule has 5 rings (SSSR count). The molecule has 0 fully saturated rings. The lowest BCUT2D eigenvalue weighted by molar-refractivity contribution is 0.414. The van der Waals surface area contributed by atoms with E-state index >= 15 is 0 Å². The number of hydrogen-bond donors (Lipinski definition) is 0. The summed E-state index contributed by atoms with van der Waals surface area (Å²) < 4.78 is 5.31. The van der Waals surface area contributed by atoms with Gasteiger partial charge in [0.15, 0.2) is 0 Å². The number of rotatable bonds is 4. The predicted octanol–water partition coefficient (Wildman–Crippen LogP) is 7.08. The van der Waals surface area contributed by atoms with Gasteiger partial charge in [-0.05, 0) is 57.5 Å². The van der Waals surface area contributed by atoms with E-state index in [2.05, 4.69) is 77.8 Å². The van der Waals surface area contributed by atoms with Crippen molar-refractivity contribution >= 4 is 34.0 Å². The number of hydrogen-bond acceptors (Lipinski definition) is 2. The van der Waals surface area contributed by atoms with Crippen molar-refractivity contribution in [2.45, 2.75) is 6.42 Å². The number of halogens is 1. The summed E-state index contributed by atoms with van der Waals surface area (Å²) in [6.07, 6.45) is 4.78. The fourth-order valence-electron chi connectivity index (χ4n) is 3.98. The van der Waals surface area contributed by atoms with Crippen LogP contribution in [0.15, 0.2) is 97.3 Å². The molecule has 0 amide bonds. The molecule has 0 saturated heterocycles. The molecule has 4 aromatic carbocycles. The summed E-state index contributed by atoms with van der Waals surface area (Å²) in [7, 11) is 1.70. The zero-order chi connectivity index (χ0) is 19.6. The van der Waals surface area contributed by atoms with E-state index in [1.807, 2.05) is 24.5 Å². The van der Waals surface area contributed by atoms with E-state index in [4.69, 9.17) is 4.74 Å². The first kappa shape index (κ1) is 19.9. The van der Waals surface area contributed by atoms with Crippen LogP contribution in [0.1, 0.15) is 11.1 Å². The summed E-state index contributed by atoms with van der Waals surface area (Å²) in [5.74, 6) is 0.880. The molecule has 0 aliphatic rings. The smallest absolute Gasteiger partial charge is 0.118 e. The Bertz CT molecular complexity index is 1310. The first-order valence-electron chi connectivity index (χ1n) is 9.79. The lowest BCUT2D eigenvalue weighted by Crippen LogP contribution is -1.95. The standard InChI is InChI=1S/C27H21NO.ClH/c1-29-24-12-10-19(11-13-24)14-23-15-20-6-2-3-7-21(20)16-26(23)27-18-28-17-22-8-4-5-9-25(22)27;/h2-13,15-18H,14H2,1H3;1H. The Balaban J connectivity index is 0.00000218. The van der Waals surface area contributed by atoms with Crippen LogP contribution in [0.2, 0.25) is 0 Å². The first-order chi connectivity index (χ1) is 14.3. The number of pyridine rings is 1. The molecule has 0 radical (unpaired) electrons. The van der Waals surface area contributed by atoms with Crippen molar-refractivity contribution in [3.8, 4) is 16.9 Å². The molecule has 0 saturated carbocycles. The molecule has 0 aliphatic heterocycles. The summed E-state index contributed by atoms with van der Waals surface area (Å²) in [5, 5.41) is 4.89. The lowest BCUT2D eigenvalue weighted by atomic mass is 9.90. The molecular weight excluding hydrogens is 390 g/mol. The summed E-state index contributed by atoms with van der Waals surface area (Å²) in [6, 6.07) is 29.9. The van der Waals surface area contributed by atoms with Crippen LogP contribution in [0.25, 0.3) is 32.7 Å². The van der Waals surface area contributed by atoms with Gasteiger partial charge in [-0.15, -0.1) is 12.4 Å². The van der Waals surface area contributed by atoms with Gasteiger partial charge in [0, 0.05) is 23.3 Å². The van der Waals surface area contributed by atoms with Crippen LogP contribution < -0.4 is 4.74 Å². The van der Waals surface area contributed by atoms with Crippen LogP contribution in [-0.2, 0) is 6.42 Å². The summed E-state index contributed by atoms with van der Waals surface area (Å²) in [4.78, 5) is 4.52. The Hall–Kier alpha value is -3.36. The number of benzene rings is 4. The molecule has 0 spiro atoms. The Labute approximate surface area is 182 Å². The largest absolute Gasteiger partial charge is 0.497 e. The SMILES string of the molecule is COc1ccc(Cc2cc3ccccc3cc2-c2cncc3ccccc23)cc1.Cl. The van der Waals surface area contributed by atoms with Crippen molar-refractivity contribution in [1.82, 2.24) is 4.98 Å². The van der Waals surface area contributed by atoms with Gasteiger partial charge in [-0.25, -0.2) is 0 Å². The third-order valence-corrected chi connectivity index (χ3v) is 5.48. The molecule has 1 heterocycles. The van der Waals surface area contributed by atoms with Crippen LogP contribution in [0.3, 0.4) is 0 Å². The summed E-state index contributed by atoms with van der Waals surface area (Å²) >= 11 is 0. The van der Waals surface area contributed by atoms with Crippen molar-refractivity contribution in [2.75, 3.05) is 7.11 Å². The highest BCUT2D eigenvalue weighted by molar-refractivity contribution is 5.99. The second-order valence-corrected chi connectivity index (χ2v) is 7.29. The van der Waals surface area contributed by atoms with Gasteiger partial charge in [-0.2, -0.15) is 0 Å². The van der Waals surface area contributed by atoms with Crippen LogP contribution in [0.5, 0.6) is 5.75 Å². The minimum absolute atomic E-state index is 0. The van der Waals surface area contributed by atoms with E-state index in [-0.39, 0.29) is 12.4 Å². The van der Waals surface area contributed by atoms with Gasteiger partial charge in [0.25, 0.3) is 0 Å². The van der Waals surface area contributed by atoms with E-state index < -0.39 is 0 Å². The maximum atomic E-state index is 5.31. The first-order valence-corrected chi connectivity index (χ1v) is 9.79. The van der Waals surface area contributed by atoms with Crippen molar-refractivity contribution in [3.05, 3.63) is 108 Å². The lowest BCUT2D eigenvalue weighted by Gasteiger charge is -2.14. The molecule has 3 heteroatoms. The highest BCUT2D eigenvalue weighted by atomic mass is 35.5. The molecule has 0 atom stereocenters. The van der Waals surface area contributed by atoms with Crippen molar-refractivity contribution in [3.63, 3.8) is 0 Å². The highest BCUT2D eigenvalue weighted by Crippen LogP contribution is 2.34. The van der Waals surface area contributed by atoms with E-state index in [0.29, 0.717) is 0 Å². The van der Waals surface area contributed by atoms with E-state index in [1.165, 1.54) is 38.4 Å². The van der Waals surface area contributed by atoms with E-state index in [9.17, 15) is 0 Å². The average molecular weight is 412 g/mol. The molecule has 1 aromatic heterocycles. The van der Waals surface area contributed by atoms with Gasteiger partial charge in [-0.3, -0.25) is 4.98 Å². The molecule has 30 heavy (non-hydrogen) atoms. The van der Waals surface area contributed by atoms with Crippen LogP contribution in [-0.4, -0.2) is 12.1 Å². The quantitative estimate of drug-likeness (QED) is 0.315. The molecule has 5 aromatic rings. The maximum absolute atomic E-state index is 5.31. The number of methoxy groups -OCH3 is 1. The summed E-state index contributed by atoms with van der Waals surface area (Å²) in [5.41, 5.74) is 4.98. The number of aromatic nitrogens is 1. The summed E-state index contributed by atoms with van der Waals surface area (Å²) in [6.45, 7) is 0. The Morgan fingerprint density at radius 2 is 1.37 bits per heavy atom. The third-order valence-electron chi connectivity index (χ3n) is 5.48. The molecule has 0 bridgehead atoms. The number of fused-ring (bicyclic) bond motifs is 2. The molecule has 148 valence electrons. The van der Waals surface area contributed by atoms with Gasteiger partial charge in [0.05, 0.1) is 7.11 Å². The van der Waals surface area contributed by atoms with Gasteiger partial charge in [0.2, 0.25) is 0 Å². The topological polar surface area (TPSA) is 22.1 Å². The monoisotopic (exact) mass is 411 g/mol. The highest BCUT2D eigenvalue weighted by Gasteiger charge is 2.12. The Morgan fingerprint density at radius 3 is 2.10 bits per heavy atom. The normalized spacial score (nSPS) is 10.7. The molecular formula is C27H22ClNO. The molecule has 0 aliphatic carbocycles. The van der Waals surface area contributed by atoms with Crippen LogP contribution in [0, 0.1) is 0 Å². The number of ether oxygens (including phenoxy) is 1. The Kier molecular flexibility index (Phi) is 5.69. The van der Waals surface area contributed by atoms with Crippen LogP contribution in [0.4, 0.5) is 0 Å². The number of nitrogens with zero attached hydrogens (tertiary/aromatic N) is 1. The molecule has 2 nitrogen and oxygen atoms in total. The average Bonchev–Trinajstić information content (AvgIpc) is 2.79. The second-order valence-electron chi connectivity index (χ2n) is 7.29. The fraction of sp³-hybridized carbons (Fsp3) is 0.0741. The van der Waals surface area contributed by atoms with Crippen LogP contribution >= 0.6 is 12.4 Å². The van der Waals surface area contributed by atoms with Crippen molar-refractivity contribution in [2.24, 2.45) is 0 Å². The fourth-order valence-corrected chi connectivity index (χ4v) is 3.98. The van der Waals surface area contributed by atoms with Crippen molar-refractivity contribution in [1.29, 1.82) is 0 Å². The predicted molar refractivity (Wildman–Crippen MR) is 128 cm³/mol. The Morgan fingerprint density at radius 1 is 0.700 bits per heavy atom. The van der Waals surface area contributed by atoms with Gasteiger partial charge in [0.1, 0.15) is 5.75 Å². The van der Waals surface area contributed by atoms with Gasteiger partial charge >= 0.3 is 0 Å². The zero-order valence-electron chi connectivity index (χ0n) is 16.7. The zero-order valence-corrected chi connectivity index (χ0v) is 17.5. The van der Waals surface area contributed by atoms with E-state index in [0.717, 1.165) is 17.6 Å². The van der Waals surface area contributed by atoms with E-state index in [1.54, 1.807) is 7.11 Å². The maximum Gasteiger partial charge on any atom is 0.118 e.